The first-order valence-corrected chi connectivity index (χ1v) is 17.0. The third-order valence-corrected chi connectivity index (χ3v) is 9.01. The van der Waals surface area contributed by atoms with Gasteiger partial charge in [-0.05, 0) is 83.1 Å². The summed E-state index contributed by atoms with van der Waals surface area (Å²) >= 11 is 0. The first kappa shape index (κ1) is 37.6. The Morgan fingerprint density at radius 3 is 1.55 bits per heavy atom. The molecule has 5 rings (SSSR count). The van der Waals surface area contributed by atoms with Gasteiger partial charge in [-0.1, -0.05) is 75.6 Å². The molecule has 0 aliphatic heterocycles. The molecule has 0 bridgehead atoms. The maximum Gasteiger partial charge on any atom is 0.432 e. The Labute approximate surface area is 283 Å². The van der Waals surface area contributed by atoms with Crippen LogP contribution in [0.2, 0.25) is 0 Å². The molecule has 0 aromatic heterocycles. The predicted octanol–water partition coefficient (Wildman–Crippen LogP) is 14.0. The second-order valence-electron chi connectivity index (χ2n) is 11.7. The summed E-state index contributed by atoms with van der Waals surface area (Å²) in [5, 5.41) is 0. The smallest absolute Gasteiger partial charge is 0.429 e. The second-order valence-corrected chi connectivity index (χ2v) is 14.0. The van der Waals surface area contributed by atoms with Crippen molar-refractivity contribution in [3.8, 4) is 39.1 Å². The summed E-state index contributed by atoms with van der Waals surface area (Å²) in [5.74, 6) is -12.2. The van der Waals surface area contributed by atoms with E-state index in [1.165, 1.54) is 0 Å². The van der Waals surface area contributed by atoms with E-state index in [1.54, 1.807) is 24.3 Å². The fourth-order valence-corrected chi connectivity index (χ4v) is 6.31. The minimum Gasteiger partial charge on any atom is -0.429 e. The summed E-state index contributed by atoms with van der Waals surface area (Å²) in [6.07, 6.45) is -0.828. The lowest BCUT2D eigenvalue weighted by Gasteiger charge is -2.40. The predicted molar refractivity (Wildman–Crippen MR) is 168 cm³/mol. The minimum absolute atomic E-state index is 0.0189. The molecule has 0 fully saturated rings. The molecule has 0 atom stereocenters. The monoisotopic (exact) mass is 752 g/mol. The molecule has 0 aliphatic rings. The normalized spacial score (nSPS) is 13.5. The summed E-state index contributed by atoms with van der Waals surface area (Å²) in [6.45, 7) is 2.06. The van der Waals surface area contributed by atoms with E-state index in [9.17, 15) is 41.4 Å². The van der Waals surface area contributed by atoms with Gasteiger partial charge in [0.25, 0.3) is 0 Å². The van der Waals surface area contributed by atoms with Crippen molar-refractivity contribution in [1.82, 2.24) is 0 Å². The molecule has 51 heavy (non-hydrogen) atoms. The molecule has 15 heteroatoms. The highest BCUT2D eigenvalue weighted by atomic mass is 32.5. The van der Waals surface area contributed by atoms with Crippen LogP contribution in [0.25, 0.3) is 33.4 Å². The number of aryl methyl sites for hydroxylation is 1. The number of unbranched alkanes of at least 4 members (excludes halogenated alkanes) is 2. The molecule has 0 N–H and O–H groups in total. The van der Waals surface area contributed by atoms with E-state index in [-0.39, 0.29) is 23.3 Å². The molecule has 0 radical (unpaired) electrons. The van der Waals surface area contributed by atoms with Crippen molar-refractivity contribution in [3.05, 3.63) is 131 Å². The Bertz CT molecular complexity index is 2070. The van der Waals surface area contributed by atoms with Gasteiger partial charge in [0.2, 0.25) is 0 Å². The van der Waals surface area contributed by atoms with Crippen molar-refractivity contribution in [2.24, 2.45) is 0 Å². The molecule has 0 amide bonds. The fourth-order valence-electron chi connectivity index (χ4n) is 5.45. The zero-order valence-corrected chi connectivity index (χ0v) is 27.0. The molecule has 0 aliphatic carbocycles. The topological polar surface area (TPSA) is 9.23 Å². The number of benzene rings is 5. The van der Waals surface area contributed by atoms with Crippen LogP contribution in [0.4, 0.5) is 54.6 Å². The third kappa shape index (κ3) is 8.29. The molecule has 5 aromatic rings. The van der Waals surface area contributed by atoms with E-state index in [4.69, 9.17) is 0 Å². The van der Waals surface area contributed by atoms with Gasteiger partial charge in [0.1, 0.15) is 46.2 Å². The first-order chi connectivity index (χ1) is 23.6. The van der Waals surface area contributed by atoms with E-state index in [0.29, 0.717) is 29.8 Å². The van der Waals surface area contributed by atoms with E-state index in [1.807, 2.05) is 0 Å². The largest absolute Gasteiger partial charge is 0.432 e. The number of hydrogen-bond donors (Lipinski definition) is 0. The SMILES string of the molecule is CCCCCc1ccc(-c2cc(F)c(C(F)(F)Oc3ccc(-c4ccc(-c5cc(F)c(S(F)(F)(F)(F)F)c(F)c5)c(F)c4)c(F)c3)c(F)c2)cc1. The number of alkyl halides is 2. The summed E-state index contributed by atoms with van der Waals surface area (Å²) in [4.78, 5) is -3.40. The summed E-state index contributed by atoms with van der Waals surface area (Å²) in [5.41, 5.74) is -2.81. The van der Waals surface area contributed by atoms with Crippen molar-refractivity contribution >= 4 is 10.2 Å². The molecule has 5 aromatic carbocycles. The van der Waals surface area contributed by atoms with Crippen molar-refractivity contribution in [2.75, 3.05) is 0 Å². The molecular weight excluding hydrogens is 727 g/mol. The Balaban J connectivity index is 1.36. The van der Waals surface area contributed by atoms with Gasteiger partial charge in [-0.15, -0.1) is 0 Å². The van der Waals surface area contributed by atoms with Crippen LogP contribution < -0.4 is 4.74 Å². The van der Waals surface area contributed by atoms with Crippen LogP contribution in [0, 0.1) is 34.9 Å². The van der Waals surface area contributed by atoms with Gasteiger partial charge in [-0.2, -0.15) is 8.78 Å². The maximum absolute atomic E-state index is 15.1. The molecule has 0 saturated carbocycles. The van der Waals surface area contributed by atoms with E-state index >= 15 is 13.2 Å². The molecule has 0 saturated heterocycles. The summed E-state index contributed by atoms with van der Waals surface area (Å²) in [6, 6.07) is 12.1. The zero-order chi connectivity index (χ0) is 37.6. The lowest BCUT2D eigenvalue weighted by atomic mass is 9.99. The number of hydrogen-bond acceptors (Lipinski definition) is 1. The van der Waals surface area contributed by atoms with Gasteiger partial charge >= 0.3 is 16.3 Å². The molecule has 0 spiro atoms. The minimum atomic E-state index is -10.8. The first-order valence-electron chi connectivity index (χ1n) is 15.1. The molecule has 0 unspecified atom stereocenters. The van der Waals surface area contributed by atoms with Crippen molar-refractivity contribution < 1.29 is 59.3 Å². The van der Waals surface area contributed by atoms with E-state index < -0.39 is 84.1 Å². The highest BCUT2D eigenvalue weighted by Gasteiger charge is 2.69. The lowest BCUT2D eigenvalue weighted by Crippen LogP contribution is -2.25. The molecule has 1 nitrogen and oxygen atoms in total. The molecular formula is C36H25F13OS. The van der Waals surface area contributed by atoms with Crippen molar-refractivity contribution in [1.29, 1.82) is 0 Å². The van der Waals surface area contributed by atoms with Crippen molar-refractivity contribution in [2.45, 2.75) is 43.6 Å². The Morgan fingerprint density at radius 2 is 1.02 bits per heavy atom. The van der Waals surface area contributed by atoms with Gasteiger partial charge in [-0.3, -0.25) is 0 Å². The van der Waals surface area contributed by atoms with E-state index in [2.05, 4.69) is 11.7 Å². The van der Waals surface area contributed by atoms with Crippen LogP contribution in [0.3, 0.4) is 0 Å². The Morgan fingerprint density at radius 1 is 0.529 bits per heavy atom. The van der Waals surface area contributed by atoms with Gasteiger partial charge in [-0.25, -0.2) is 26.3 Å². The number of ether oxygens (including phenoxy) is 1. The highest BCUT2D eigenvalue weighted by molar-refractivity contribution is 8.45. The Kier molecular flexibility index (Phi) is 9.46. The number of rotatable bonds is 11. The van der Waals surface area contributed by atoms with Crippen LogP contribution in [-0.2, 0) is 12.5 Å². The van der Waals surface area contributed by atoms with Gasteiger partial charge in [0.15, 0.2) is 4.90 Å². The van der Waals surface area contributed by atoms with Gasteiger partial charge in [0.05, 0.1) is 0 Å². The molecule has 0 heterocycles. The van der Waals surface area contributed by atoms with E-state index in [0.717, 1.165) is 55.5 Å². The zero-order valence-electron chi connectivity index (χ0n) is 26.1. The van der Waals surface area contributed by atoms with Crippen molar-refractivity contribution in [3.63, 3.8) is 0 Å². The fraction of sp³-hybridized carbons (Fsp3) is 0.167. The van der Waals surface area contributed by atoms with Crippen LogP contribution in [-0.4, -0.2) is 0 Å². The maximum atomic E-state index is 15.1. The van der Waals surface area contributed by atoms with Gasteiger partial charge in [0, 0.05) is 17.2 Å². The number of halogens is 13. The van der Waals surface area contributed by atoms with Crippen LogP contribution in [0.15, 0.2) is 89.8 Å². The summed E-state index contributed by atoms with van der Waals surface area (Å²) < 4.78 is 188. The summed E-state index contributed by atoms with van der Waals surface area (Å²) in [7, 11) is -10.8. The quantitative estimate of drug-likeness (QED) is 0.0964. The average Bonchev–Trinajstić information content (AvgIpc) is 2.99. The Hall–Kier alpha value is -4.66. The van der Waals surface area contributed by atoms with Crippen LogP contribution in [0.5, 0.6) is 5.75 Å². The highest BCUT2D eigenvalue weighted by Crippen LogP contribution is 3.02. The molecule has 272 valence electrons. The van der Waals surface area contributed by atoms with Crippen LogP contribution >= 0.6 is 10.2 Å². The third-order valence-electron chi connectivity index (χ3n) is 7.85. The standard InChI is InChI=1S/C36H25F13OS/c1-2-3-4-5-20-6-8-21(9-7-20)23-15-30(39)34(31(40)16-23)36(43,44)50-25-11-13-26(29(38)19-25)22-10-12-27(28(37)14-22)24-17-32(41)35(33(42)18-24)51(45,46,47,48)49/h6-19H,2-5H2,1H3. The second kappa shape index (κ2) is 12.8. The van der Waals surface area contributed by atoms with Crippen LogP contribution in [0.1, 0.15) is 37.3 Å². The lowest BCUT2D eigenvalue weighted by molar-refractivity contribution is -0.189. The van der Waals surface area contributed by atoms with Gasteiger partial charge < -0.3 is 4.74 Å². The average molecular weight is 753 g/mol.